The fourth-order valence-corrected chi connectivity index (χ4v) is 1.79. The van der Waals surface area contributed by atoms with Crippen molar-refractivity contribution in [3.63, 3.8) is 0 Å². The lowest BCUT2D eigenvalue weighted by atomic mass is 9.83. The first-order valence-corrected chi connectivity index (χ1v) is 4.56. The van der Waals surface area contributed by atoms with Gasteiger partial charge in [0, 0.05) is 0 Å². The van der Waals surface area contributed by atoms with Gasteiger partial charge in [-0.2, -0.15) is 0 Å². The smallest absolute Gasteiger partial charge is 0.0586 e. The van der Waals surface area contributed by atoms with Gasteiger partial charge in [0.05, 0.1) is 5.54 Å². The van der Waals surface area contributed by atoms with E-state index in [0.29, 0.717) is 5.92 Å². The molecule has 0 amide bonds. The van der Waals surface area contributed by atoms with Crippen LogP contribution in [0.1, 0.15) is 34.6 Å². The topological polar surface area (TPSA) is 26.0 Å². The molecule has 1 aliphatic rings. The third-order valence-electron chi connectivity index (χ3n) is 3.21. The van der Waals surface area contributed by atoms with Crippen molar-refractivity contribution < 1.29 is 0 Å². The Hall–Kier alpha value is -0.560. The van der Waals surface area contributed by atoms with Crippen molar-refractivity contribution in [2.24, 2.45) is 11.7 Å². The van der Waals surface area contributed by atoms with Gasteiger partial charge >= 0.3 is 0 Å². The summed E-state index contributed by atoms with van der Waals surface area (Å²) in [5.74, 6) is 0.477. The molecule has 1 heteroatoms. The molecule has 0 spiro atoms. The molecular weight excluding hydrogens is 146 g/mol. The Labute approximate surface area is 75.3 Å². The fourth-order valence-electron chi connectivity index (χ4n) is 1.79. The van der Waals surface area contributed by atoms with E-state index in [9.17, 15) is 0 Å². The van der Waals surface area contributed by atoms with Crippen LogP contribution < -0.4 is 5.73 Å². The fraction of sp³-hybridized carbons (Fsp3) is 0.636. The standard InChI is InChI=1S/C11H19N/c1-7(2)11(12)6-8(3)9(4)10(11)5/h6-7H,12H2,1-5H3. The van der Waals surface area contributed by atoms with E-state index < -0.39 is 0 Å². The Kier molecular flexibility index (Phi) is 2.17. The Morgan fingerprint density at radius 3 is 1.92 bits per heavy atom. The number of allylic oxidation sites excluding steroid dienone is 2. The highest BCUT2D eigenvalue weighted by molar-refractivity contribution is 5.49. The quantitative estimate of drug-likeness (QED) is 0.635. The largest absolute Gasteiger partial charge is 0.318 e. The van der Waals surface area contributed by atoms with Crippen molar-refractivity contribution in [3.8, 4) is 0 Å². The van der Waals surface area contributed by atoms with Crippen molar-refractivity contribution >= 4 is 0 Å². The van der Waals surface area contributed by atoms with Crippen molar-refractivity contribution in [1.29, 1.82) is 0 Å². The predicted octanol–water partition coefficient (Wildman–Crippen LogP) is 2.64. The molecule has 0 aliphatic heterocycles. The highest BCUT2D eigenvalue weighted by Crippen LogP contribution is 2.36. The molecular formula is C11H19N. The summed E-state index contributed by atoms with van der Waals surface area (Å²) in [6, 6.07) is 0. The second-order valence-corrected chi connectivity index (χ2v) is 4.17. The van der Waals surface area contributed by atoms with E-state index in [-0.39, 0.29) is 5.54 Å². The molecule has 0 aromatic heterocycles. The molecule has 12 heavy (non-hydrogen) atoms. The van der Waals surface area contributed by atoms with Crippen LogP contribution in [0.3, 0.4) is 0 Å². The molecule has 1 atom stereocenters. The van der Waals surface area contributed by atoms with Crippen molar-refractivity contribution in [2.45, 2.75) is 40.2 Å². The molecule has 2 N–H and O–H groups in total. The zero-order chi connectivity index (χ0) is 9.52. The molecule has 0 bridgehead atoms. The summed E-state index contributed by atoms with van der Waals surface area (Å²) >= 11 is 0. The summed E-state index contributed by atoms with van der Waals surface area (Å²) < 4.78 is 0. The number of rotatable bonds is 1. The third-order valence-corrected chi connectivity index (χ3v) is 3.21. The summed E-state index contributed by atoms with van der Waals surface area (Å²) in [6.45, 7) is 10.8. The van der Waals surface area contributed by atoms with Gasteiger partial charge in [0.25, 0.3) is 0 Å². The number of hydrogen-bond donors (Lipinski definition) is 1. The molecule has 0 heterocycles. The van der Waals surface area contributed by atoms with E-state index in [2.05, 4.69) is 40.7 Å². The highest BCUT2D eigenvalue weighted by atomic mass is 14.8. The van der Waals surface area contributed by atoms with Crippen LogP contribution in [0.4, 0.5) is 0 Å². The summed E-state index contributed by atoms with van der Waals surface area (Å²) in [6.07, 6.45) is 2.20. The Morgan fingerprint density at radius 2 is 1.75 bits per heavy atom. The van der Waals surface area contributed by atoms with Gasteiger partial charge in [-0.05, 0) is 37.8 Å². The molecule has 1 aliphatic carbocycles. The Balaban J connectivity index is 3.14. The second-order valence-electron chi connectivity index (χ2n) is 4.17. The monoisotopic (exact) mass is 165 g/mol. The minimum Gasteiger partial charge on any atom is -0.318 e. The molecule has 0 saturated carbocycles. The van der Waals surface area contributed by atoms with Crippen LogP contribution in [-0.4, -0.2) is 5.54 Å². The van der Waals surface area contributed by atoms with Gasteiger partial charge in [-0.1, -0.05) is 25.5 Å². The molecule has 68 valence electrons. The summed E-state index contributed by atoms with van der Waals surface area (Å²) in [5, 5.41) is 0. The first-order valence-electron chi connectivity index (χ1n) is 4.56. The zero-order valence-corrected chi connectivity index (χ0v) is 8.73. The lowest BCUT2D eigenvalue weighted by Crippen LogP contribution is -2.43. The van der Waals surface area contributed by atoms with Crippen molar-refractivity contribution in [2.75, 3.05) is 0 Å². The van der Waals surface area contributed by atoms with Gasteiger partial charge in [0.15, 0.2) is 0 Å². The zero-order valence-electron chi connectivity index (χ0n) is 8.73. The Morgan fingerprint density at radius 1 is 1.25 bits per heavy atom. The van der Waals surface area contributed by atoms with Gasteiger partial charge in [0.1, 0.15) is 0 Å². The molecule has 0 saturated heterocycles. The molecule has 0 aromatic rings. The average Bonchev–Trinajstić information content (AvgIpc) is 2.17. The molecule has 0 aromatic carbocycles. The number of nitrogens with two attached hydrogens (primary N) is 1. The van der Waals surface area contributed by atoms with Gasteiger partial charge < -0.3 is 5.73 Å². The van der Waals surface area contributed by atoms with Gasteiger partial charge in [0.2, 0.25) is 0 Å². The summed E-state index contributed by atoms with van der Waals surface area (Å²) in [5.41, 5.74) is 10.1. The molecule has 1 unspecified atom stereocenters. The highest BCUT2D eigenvalue weighted by Gasteiger charge is 2.34. The maximum atomic E-state index is 6.29. The maximum absolute atomic E-state index is 6.29. The Bertz CT molecular complexity index is 258. The van der Waals surface area contributed by atoms with Crippen LogP contribution in [0, 0.1) is 5.92 Å². The normalized spacial score (nSPS) is 30.1. The second kappa shape index (κ2) is 2.74. The third kappa shape index (κ3) is 1.13. The van der Waals surface area contributed by atoms with E-state index in [1.54, 1.807) is 0 Å². The van der Waals surface area contributed by atoms with Crippen LogP contribution in [0.15, 0.2) is 22.8 Å². The van der Waals surface area contributed by atoms with E-state index in [0.717, 1.165) is 0 Å². The first-order chi connectivity index (χ1) is 5.39. The van der Waals surface area contributed by atoms with Crippen molar-refractivity contribution in [3.05, 3.63) is 22.8 Å². The van der Waals surface area contributed by atoms with Crippen LogP contribution in [0.25, 0.3) is 0 Å². The maximum Gasteiger partial charge on any atom is 0.0586 e. The van der Waals surface area contributed by atoms with E-state index >= 15 is 0 Å². The minimum atomic E-state index is -0.186. The molecule has 0 fully saturated rings. The first kappa shape index (κ1) is 9.53. The minimum absolute atomic E-state index is 0.186. The SMILES string of the molecule is CC1=CC(N)(C(C)C)C(C)=C1C. The van der Waals surface area contributed by atoms with Crippen LogP contribution >= 0.6 is 0 Å². The van der Waals surface area contributed by atoms with Crippen LogP contribution in [0.5, 0.6) is 0 Å². The van der Waals surface area contributed by atoms with E-state index in [1.807, 2.05) is 0 Å². The van der Waals surface area contributed by atoms with Gasteiger partial charge in [-0.25, -0.2) is 0 Å². The predicted molar refractivity (Wildman–Crippen MR) is 53.9 cm³/mol. The van der Waals surface area contributed by atoms with Crippen LogP contribution in [0.2, 0.25) is 0 Å². The van der Waals surface area contributed by atoms with E-state index in [1.165, 1.54) is 16.7 Å². The number of hydrogen-bond acceptors (Lipinski definition) is 1. The molecule has 1 nitrogen and oxygen atoms in total. The lowest BCUT2D eigenvalue weighted by Gasteiger charge is -2.29. The average molecular weight is 165 g/mol. The van der Waals surface area contributed by atoms with Gasteiger partial charge in [-0.15, -0.1) is 0 Å². The summed E-state index contributed by atoms with van der Waals surface area (Å²) in [4.78, 5) is 0. The van der Waals surface area contributed by atoms with Crippen LogP contribution in [-0.2, 0) is 0 Å². The van der Waals surface area contributed by atoms with E-state index in [4.69, 9.17) is 5.73 Å². The lowest BCUT2D eigenvalue weighted by molar-refractivity contribution is 0.446. The van der Waals surface area contributed by atoms with Crippen molar-refractivity contribution in [1.82, 2.24) is 0 Å². The molecule has 0 radical (unpaired) electrons. The van der Waals surface area contributed by atoms with Gasteiger partial charge in [-0.3, -0.25) is 0 Å². The molecule has 1 rings (SSSR count). The summed E-state index contributed by atoms with van der Waals surface area (Å²) in [7, 11) is 0.